The highest BCUT2D eigenvalue weighted by Crippen LogP contribution is 2.27. The maximum Gasteiger partial charge on any atom is 0.277 e. The molecular formula is C24H19N5O4S3. The topological polar surface area (TPSA) is 127 Å². The molecule has 12 heteroatoms. The Morgan fingerprint density at radius 2 is 1.75 bits per heavy atom. The Balaban J connectivity index is 1.18. The number of thioether (sulfide) groups is 1. The van der Waals surface area contributed by atoms with Gasteiger partial charge < -0.3 is 9.73 Å². The van der Waals surface area contributed by atoms with Crippen molar-refractivity contribution in [2.75, 3.05) is 15.8 Å². The van der Waals surface area contributed by atoms with Crippen molar-refractivity contribution >= 4 is 60.1 Å². The molecule has 2 aromatic heterocycles. The molecule has 9 nitrogen and oxygen atoms in total. The van der Waals surface area contributed by atoms with Gasteiger partial charge in [-0.1, -0.05) is 52.9 Å². The Morgan fingerprint density at radius 1 is 1.00 bits per heavy atom. The molecule has 0 spiro atoms. The lowest BCUT2D eigenvalue weighted by Gasteiger charge is -2.08. The number of amides is 1. The van der Waals surface area contributed by atoms with Gasteiger partial charge in [-0.2, -0.15) is 0 Å². The second kappa shape index (κ2) is 10.1. The van der Waals surface area contributed by atoms with Crippen molar-refractivity contribution in [2.45, 2.75) is 17.0 Å². The van der Waals surface area contributed by atoms with Gasteiger partial charge in [0.15, 0.2) is 5.13 Å². The van der Waals surface area contributed by atoms with Gasteiger partial charge in [-0.15, -0.1) is 10.2 Å². The van der Waals surface area contributed by atoms with Crippen LogP contribution in [0.1, 0.15) is 5.56 Å². The van der Waals surface area contributed by atoms with Crippen LogP contribution < -0.4 is 10.0 Å². The molecule has 36 heavy (non-hydrogen) atoms. The molecule has 5 rings (SSSR count). The monoisotopic (exact) mass is 537 g/mol. The van der Waals surface area contributed by atoms with E-state index in [2.05, 4.69) is 25.2 Å². The van der Waals surface area contributed by atoms with Gasteiger partial charge in [0, 0.05) is 11.3 Å². The molecular weight excluding hydrogens is 518 g/mol. The zero-order valence-corrected chi connectivity index (χ0v) is 21.3. The lowest BCUT2D eigenvalue weighted by Crippen LogP contribution is -2.13. The molecule has 2 N–H and O–H groups in total. The SMILES string of the molecule is Cc1ccc(S(=O)(=O)Nc2ccc(-c3nnc(SCC(=O)Nc4nc5ccccc5s4)o3)cc2)cc1. The van der Waals surface area contributed by atoms with Crippen molar-refractivity contribution in [1.82, 2.24) is 15.2 Å². The number of hydrogen-bond donors (Lipinski definition) is 2. The molecule has 0 saturated carbocycles. The number of fused-ring (bicyclic) bond motifs is 1. The fourth-order valence-corrected chi connectivity index (χ4v) is 5.71. The first-order valence-corrected chi connectivity index (χ1v) is 14.0. The Labute approximate surface area is 215 Å². The minimum Gasteiger partial charge on any atom is -0.411 e. The summed E-state index contributed by atoms with van der Waals surface area (Å²) in [5, 5.41) is 11.6. The predicted molar refractivity (Wildman–Crippen MR) is 141 cm³/mol. The zero-order chi connectivity index (χ0) is 25.1. The number of para-hydroxylation sites is 1. The molecule has 0 bridgehead atoms. The molecule has 0 fully saturated rings. The summed E-state index contributed by atoms with van der Waals surface area (Å²) in [5.74, 6) is 0.109. The number of nitrogens with zero attached hydrogens (tertiary/aromatic N) is 3. The fourth-order valence-electron chi connectivity index (χ4n) is 3.21. The van der Waals surface area contributed by atoms with Gasteiger partial charge in [-0.25, -0.2) is 13.4 Å². The van der Waals surface area contributed by atoms with E-state index in [1.807, 2.05) is 31.2 Å². The highest BCUT2D eigenvalue weighted by atomic mass is 32.2. The van der Waals surface area contributed by atoms with E-state index in [1.165, 1.54) is 11.3 Å². The van der Waals surface area contributed by atoms with E-state index in [4.69, 9.17) is 4.42 Å². The van der Waals surface area contributed by atoms with Crippen molar-refractivity contribution in [1.29, 1.82) is 0 Å². The quantitative estimate of drug-likeness (QED) is 0.259. The molecule has 0 radical (unpaired) electrons. The van der Waals surface area contributed by atoms with E-state index in [9.17, 15) is 13.2 Å². The average molecular weight is 538 g/mol. The van der Waals surface area contributed by atoms with Crippen LogP contribution in [-0.4, -0.2) is 35.3 Å². The summed E-state index contributed by atoms with van der Waals surface area (Å²) in [7, 11) is -3.70. The molecule has 0 atom stereocenters. The van der Waals surface area contributed by atoms with Crippen LogP contribution in [0, 0.1) is 6.92 Å². The zero-order valence-electron chi connectivity index (χ0n) is 18.8. The van der Waals surface area contributed by atoms with Crippen LogP contribution in [0.5, 0.6) is 0 Å². The highest BCUT2D eigenvalue weighted by Gasteiger charge is 2.16. The van der Waals surface area contributed by atoms with Gasteiger partial charge in [0.05, 0.1) is 20.9 Å². The summed E-state index contributed by atoms with van der Waals surface area (Å²) in [4.78, 5) is 16.9. The van der Waals surface area contributed by atoms with Crippen molar-refractivity contribution in [3.05, 3.63) is 78.4 Å². The van der Waals surface area contributed by atoms with Gasteiger partial charge in [0.25, 0.3) is 15.2 Å². The van der Waals surface area contributed by atoms with E-state index in [0.29, 0.717) is 16.4 Å². The number of thiazole rings is 1. The third-order valence-electron chi connectivity index (χ3n) is 4.99. The molecule has 0 saturated heterocycles. The third-order valence-corrected chi connectivity index (χ3v) is 8.16. The summed E-state index contributed by atoms with van der Waals surface area (Å²) >= 11 is 2.52. The standard InChI is InChI=1S/C24H19N5O4S3/c1-15-6-12-18(13-7-15)36(31,32)29-17-10-8-16(9-11-17)22-27-28-24(33-22)34-14-21(30)26-23-25-19-4-2-3-5-20(19)35-23/h2-13,29H,14H2,1H3,(H,25,26,30). The third kappa shape index (κ3) is 5.56. The van der Waals surface area contributed by atoms with Gasteiger partial charge in [0.2, 0.25) is 11.8 Å². The van der Waals surface area contributed by atoms with E-state index in [1.54, 1.807) is 48.5 Å². The maximum atomic E-state index is 12.6. The summed E-state index contributed by atoms with van der Waals surface area (Å²) in [6, 6.07) is 20.8. The molecule has 0 aliphatic carbocycles. The van der Waals surface area contributed by atoms with Crippen LogP contribution in [0.4, 0.5) is 10.8 Å². The van der Waals surface area contributed by atoms with Crippen molar-refractivity contribution < 1.29 is 17.6 Å². The Hall–Kier alpha value is -3.74. The molecule has 5 aromatic rings. The number of benzene rings is 3. The average Bonchev–Trinajstić information content (AvgIpc) is 3.50. The minimum absolute atomic E-state index is 0.0806. The molecule has 3 aromatic carbocycles. The van der Waals surface area contributed by atoms with Crippen LogP contribution in [0.3, 0.4) is 0 Å². The largest absolute Gasteiger partial charge is 0.411 e. The summed E-state index contributed by atoms with van der Waals surface area (Å²) in [5.41, 5.74) is 2.83. The predicted octanol–water partition coefficient (Wildman–Crippen LogP) is 5.19. The second-order valence-corrected chi connectivity index (χ2v) is 11.3. The van der Waals surface area contributed by atoms with E-state index in [0.717, 1.165) is 27.5 Å². The van der Waals surface area contributed by atoms with Crippen molar-refractivity contribution in [3.63, 3.8) is 0 Å². The number of sulfonamides is 1. The van der Waals surface area contributed by atoms with E-state index in [-0.39, 0.29) is 27.7 Å². The van der Waals surface area contributed by atoms with E-state index >= 15 is 0 Å². The van der Waals surface area contributed by atoms with Gasteiger partial charge >= 0.3 is 0 Å². The number of aromatic nitrogens is 3. The number of anilines is 2. The summed E-state index contributed by atoms with van der Waals surface area (Å²) < 4.78 is 34.3. The Morgan fingerprint density at radius 3 is 2.50 bits per heavy atom. The lowest BCUT2D eigenvalue weighted by atomic mass is 10.2. The summed E-state index contributed by atoms with van der Waals surface area (Å²) in [6.45, 7) is 1.89. The molecule has 0 aliphatic heterocycles. The molecule has 182 valence electrons. The van der Waals surface area contributed by atoms with Gasteiger partial charge in [-0.05, 0) is 55.5 Å². The van der Waals surface area contributed by atoms with Gasteiger partial charge in [-0.3, -0.25) is 9.52 Å². The summed E-state index contributed by atoms with van der Waals surface area (Å²) in [6.07, 6.45) is 0. The van der Waals surface area contributed by atoms with Gasteiger partial charge in [0.1, 0.15) is 0 Å². The minimum atomic E-state index is -3.70. The number of carbonyl (C=O) groups excluding carboxylic acids is 1. The van der Waals surface area contributed by atoms with E-state index < -0.39 is 10.0 Å². The molecule has 1 amide bonds. The van der Waals surface area contributed by atoms with Crippen LogP contribution in [0.25, 0.3) is 21.7 Å². The highest BCUT2D eigenvalue weighted by molar-refractivity contribution is 7.99. The number of carbonyl (C=O) groups is 1. The first-order chi connectivity index (χ1) is 17.4. The second-order valence-electron chi connectivity index (χ2n) is 7.69. The smallest absolute Gasteiger partial charge is 0.277 e. The van der Waals surface area contributed by atoms with Crippen LogP contribution in [0.15, 0.2) is 87.3 Å². The first kappa shape index (κ1) is 24.0. The fraction of sp³-hybridized carbons (Fsp3) is 0.0833. The normalized spacial score (nSPS) is 11.5. The number of aryl methyl sites for hydroxylation is 1. The molecule has 2 heterocycles. The molecule has 0 unspecified atom stereocenters. The Bertz CT molecular complexity index is 1600. The number of hydrogen-bond acceptors (Lipinski definition) is 9. The maximum absolute atomic E-state index is 12.6. The van der Waals surface area contributed by atoms with Crippen LogP contribution >= 0.6 is 23.1 Å². The van der Waals surface area contributed by atoms with Crippen molar-refractivity contribution in [3.8, 4) is 11.5 Å². The molecule has 0 aliphatic rings. The number of nitrogens with one attached hydrogen (secondary N) is 2. The number of rotatable bonds is 8. The van der Waals surface area contributed by atoms with Crippen LogP contribution in [-0.2, 0) is 14.8 Å². The first-order valence-electron chi connectivity index (χ1n) is 10.7. The van der Waals surface area contributed by atoms with Crippen LogP contribution in [0.2, 0.25) is 0 Å². The lowest BCUT2D eigenvalue weighted by molar-refractivity contribution is -0.113. The Kier molecular flexibility index (Phi) is 6.72. The van der Waals surface area contributed by atoms with Crippen molar-refractivity contribution in [2.24, 2.45) is 0 Å².